The van der Waals surface area contributed by atoms with Gasteiger partial charge >= 0.3 is 5.97 Å². The van der Waals surface area contributed by atoms with Crippen molar-refractivity contribution in [3.63, 3.8) is 0 Å². The lowest BCUT2D eigenvalue weighted by atomic mass is 9.78. The van der Waals surface area contributed by atoms with Crippen LogP contribution in [0.5, 0.6) is 5.75 Å². The molecule has 0 bridgehead atoms. The molecule has 0 aliphatic heterocycles. The van der Waals surface area contributed by atoms with E-state index >= 15 is 0 Å². The Morgan fingerprint density at radius 1 is 1.11 bits per heavy atom. The van der Waals surface area contributed by atoms with E-state index in [1.807, 2.05) is 20.8 Å². The second-order valence-electron chi connectivity index (χ2n) is 6.14. The standard InChI is InChI=1S/C14H21NO3/c1-13(2,3)8-6-9(11(16)7-10(8)15)14(4,5)12(17)18/h6-7,16H,15H2,1-5H3,(H,17,18). The van der Waals surface area contributed by atoms with Gasteiger partial charge in [0.25, 0.3) is 0 Å². The molecule has 4 heteroatoms. The third-order valence-corrected chi connectivity index (χ3v) is 3.18. The summed E-state index contributed by atoms with van der Waals surface area (Å²) < 4.78 is 0. The number of aliphatic carboxylic acids is 1. The highest BCUT2D eigenvalue weighted by Gasteiger charge is 2.33. The fraction of sp³-hybridized carbons (Fsp3) is 0.500. The van der Waals surface area contributed by atoms with Crippen molar-refractivity contribution in [3.05, 3.63) is 23.3 Å². The van der Waals surface area contributed by atoms with Crippen LogP contribution in [0.2, 0.25) is 0 Å². The van der Waals surface area contributed by atoms with Crippen molar-refractivity contribution < 1.29 is 15.0 Å². The number of hydrogen-bond acceptors (Lipinski definition) is 3. The van der Waals surface area contributed by atoms with Crippen LogP contribution >= 0.6 is 0 Å². The largest absolute Gasteiger partial charge is 0.508 e. The zero-order chi connectivity index (χ0) is 14.3. The number of carboxylic acids is 1. The molecule has 0 heterocycles. The van der Waals surface area contributed by atoms with Gasteiger partial charge in [-0.25, -0.2) is 0 Å². The third-order valence-electron chi connectivity index (χ3n) is 3.18. The van der Waals surface area contributed by atoms with Crippen molar-refractivity contribution >= 4 is 11.7 Å². The number of rotatable bonds is 2. The van der Waals surface area contributed by atoms with Gasteiger partial charge in [0.1, 0.15) is 5.75 Å². The van der Waals surface area contributed by atoms with Gasteiger partial charge in [-0.3, -0.25) is 4.79 Å². The van der Waals surface area contributed by atoms with Gasteiger partial charge in [0, 0.05) is 17.3 Å². The average Bonchev–Trinajstić information content (AvgIpc) is 2.14. The summed E-state index contributed by atoms with van der Waals surface area (Å²) >= 11 is 0. The lowest BCUT2D eigenvalue weighted by molar-refractivity contribution is -0.142. The number of anilines is 1. The Morgan fingerprint density at radius 2 is 1.61 bits per heavy atom. The van der Waals surface area contributed by atoms with E-state index in [4.69, 9.17) is 5.73 Å². The molecule has 0 unspecified atom stereocenters. The highest BCUT2D eigenvalue weighted by atomic mass is 16.4. The molecule has 4 nitrogen and oxygen atoms in total. The zero-order valence-electron chi connectivity index (χ0n) is 11.5. The molecule has 0 spiro atoms. The second kappa shape index (κ2) is 4.19. The predicted octanol–water partition coefficient (Wildman–Crippen LogP) is 2.63. The van der Waals surface area contributed by atoms with E-state index < -0.39 is 11.4 Å². The molecule has 4 N–H and O–H groups in total. The molecule has 0 aliphatic carbocycles. The van der Waals surface area contributed by atoms with Crippen LogP contribution in [-0.4, -0.2) is 16.2 Å². The number of carbonyl (C=O) groups is 1. The summed E-state index contributed by atoms with van der Waals surface area (Å²) in [7, 11) is 0. The number of phenolic OH excluding ortho intramolecular Hbond substituents is 1. The topological polar surface area (TPSA) is 83.5 Å². The maximum Gasteiger partial charge on any atom is 0.313 e. The second-order valence-corrected chi connectivity index (χ2v) is 6.14. The quantitative estimate of drug-likeness (QED) is 0.705. The molecule has 18 heavy (non-hydrogen) atoms. The highest BCUT2D eigenvalue weighted by Crippen LogP contribution is 2.38. The Bertz CT molecular complexity index is 485. The third kappa shape index (κ3) is 2.42. The van der Waals surface area contributed by atoms with Crippen molar-refractivity contribution in [2.75, 3.05) is 5.73 Å². The van der Waals surface area contributed by atoms with E-state index in [1.165, 1.54) is 6.07 Å². The first-order chi connectivity index (χ1) is 7.98. The molecule has 0 saturated carbocycles. The molecule has 100 valence electrons. The molecule has 0 saturated heterocycles. The predicted molar refractivity (Wildman–Crippen MR) is 71.9 cm³/mol. The normalized spacial score (nSPS) is 12.5. The summed E-state index contributed by atoms with van der Waals surface area (Å²) in [5, 5.41) is 19.2. The number of nitrogens with two attached hydrogens (primary N) is 1. The van der Waals surface area contributed by atoms with Crippen LogP contribution in [0.3, 0.4) is 0 Å². The molecule has 0 amide bonds. The molecular weight excluding hydrogens is 230 g/mol. The first kappa shape index (κ1) is 14.4. The Balaban J connectivity index is 3.53. The first-order valence-corrected chi connectivity index (χ1v) is 5.84. The lowest BCUT2D eigenvalue weighted by Crippen LogP contribution is -2.29. The monoisotopic (exact) mass is 251 g/mol. The van der Waals surface area contributed by atoms with Crippen molar-refractivity contribution in [3.8, 4) is 5.75 Å². The maximum atomic E-state index is 11.3. The number of nitrogen functional groups attached to an aromatic ring is 1. The number of aromatic hydroxyl groups is 1. The van der Waals surface area contributed by atoms with Gasteiger partial charge in [0.2, 0.25) is 0 Å². The Kier molecular flexibility index (Phi) is 3.34. The number of hydrogen-bond donors (Lipinski definition) is 3. The molecule has 1 rings (SSSR count). The molecule has 0 aromatic heterocycles. The summed E-state index contributed by atoms with van der Waals surface area (Å²) in [6.07, 6.45) is 0. The fourth-order valence-electron chi connectivity index (χ4n) is 1.87. The minimum atomic E-state index is -1.15. The van der Waals surface area contributed by atoms with Gasteiger partial charge in [-0.15, -0.1) is 0 Å². The molecule has 1 aromatic carbocycles. The van der Waals surface area contributed by atoms with Crippen LogP contribution in [0, 0.1) is 0 Å². The summed E-state index contributed by atoms with van der Waals surface area (Å²) in [5.74, 6) is -1.06. The van der Waals surface area contributed by atoms with E-state index in [-0.39, 0.29) is 11.2 Å². The van der Waals surface area contributed by atoms with Crippen molar-refractivity contribution in [2.24, 2.45) is 0 Å². The summed E-state index contributed by atoms with van der Waals surface area (Å²) in [6.45, 7) is 9.11. The van der Waals surface area contributed by atoms with Crippen LogP contribution in [0.15, 0.2) is 12.1 Å². The number of carboxylic acid groups (broad SMARTS) is 1. The van der Waals surface area contributed by atoms with Crippen LogP contribution < -0.4 is 5.73 Å². The Labute approximate surface area is 107 Å². The SMILES string of the molecule is CC(C)(C)c1cc(C(C)(C)C(=O)O)c(O)cc1N. The van der Waals surface area contributed by atoms with E-state index in [1.54, 1.807) is 19.9 Å². The van der Waals surface area contributed by atoms with E-state index in [0.29, 0.717) is 11.3 Å². The van der Waals surface area contributed by atoms with Gasteiger partial charge < -0.3 is 15.9 Å². The Hall–Kier alpha value is -1.71. The fourth-order valence-corrected chi connectivity index (χ4v) is 1.87. The molecule has 0 atom stereocenters. The van der Waals surface area contributed by atoms with Crippen LogP contribution in [0.1, 0.15) is 45.7 Å². The lowest BCUT2D eigenvalue weighted by Gasteiger charge is -2.27. The first-order valence-electron chi connectivity index (χ1n) is 5.84. The summed E-state index contributed by atoms with van der Waals surface area (Å²) in [5.41, 5.74) is 6.22. The molecule has 0 radical (unpaired) electrons. The Morgan fingerprint density at radius 3 is 2.00 bits per heavy atom. The summed E-state index contributed by atoms with van der Waals surface area (Å²) in [4.78, 5) is 11.3. The minimum absolute atomic E-state index is 0.0760. The van der Waals surface area contributed by atoms with Gasteiger partial charge in [0.05, 0.1) is 5.41 Å². The smallest absolute Gasteiger partial charge is 0.313 e. The van der Waals surface area contributed by atoms with E-state index in [9.17, 15) is 15.0 Å². The van der Waals surface area contributed by atoms with Crippen molar-refractivity contribution in [1.82, 2.24) is 0 Å². The number of phenols is 1. The van der Waals surface area contributed by atoms with Crippen LogP contribution in [0.4, 0.5) is 5.69 Å². The molecular formula is C14H21NO3. The van der Waals surface area contributed by atoms with Gasteiger partial charge in [-0.05, 0) is 30.9 Å². The minimum Gasteiger partial charge on any atom is -0.508 e. The summed E-state index contributed by atoms with van der Waals surface area (Å²) in [6, 6.07) is 3.12. The zero-order valence-corrected chi connectivity index (χ0v) is 11.5. The highest BCUT2D eigenvalue weighted by molar-refractivity contribution is 5.82. The van der Waals surface area contributed by atoms with Crippen molar-refractivity contribution in [1.29, 1.82) is 0 Å². The van der Waals surface area contributed by atoms with Crippen molar-refractivity contribution in [2.45, 2.75) is 45.4 Å². The van der Waals surface area contributed by atoms with E-state index in [2.05, 4.69) is 0 Å². The van der Waals surface area contributed by atoms with Crippen LogP contribution in [-0.2, 0) is 15.6 Å². The maximum absolute atomic E-state index is 11.3. The van der Waals surface area contributed by atoms with Gasteiger partial charge in [-0.1, -0.05) is 20.8 Å². The van der Waals surface area contributed by atoms with Crippen LogP contribution in [0.25, 0.3) is 0 Å². The molecule has 0 fully saturated rings. The van der Waals surface area contributed by atoms with E-state index in [0.717, 1.165) is 5.56 Å². The van der Waals surface area contributed by atoms with Gasteiger partial charge in [0.15, 0.2) is 0 Å². The van der Waals surface area contributed by atoms with Gasteiger partial charge in [-0.2, -0.15) is 0 Å². The number of benzene rings is 1. The molecule has 0 aliphatic rings. The average molecular weight is 251 g/mol. The molecule has 1 aromatic rings.